The van der Waals surface area contributed by atoms with Crippen molar-refractivity contribution in [3.05, 3.63) is 52.2 Å². The van der Waals surface area contributed by atoms with Crippen molar-refractivity contribution in [3.8, 4) is 0 Å². The molecule has 94 valence electrons. The van der Waals surface area contributed by atoms with Gasteiger partial charge in [0, 0.05) is 22.2 Å². The minimum Gasteiger partial charge on any atom is -0.364 e. The van der Waals surface area contributed by atoms with Crippen molar-refractivity contribution in [1.82, 2.24) is 0 Å². The third kappa shape index (κ3) is 2.99. The molecule has 0 atom stereocenters. The van der Waals surface area contributed by atoms with Crippen molar-refractivity contribution >= 4 is 23.3 Å². The molecule has 2 nitrogen and oxygen atoms in total. The van der Waals surface area contributed by atoms with Crippen LogP contribution in [0.5, 0.6) is 0 Å². The first-order valence-corrected chi connectivity index (χ1v) is 6.93. The maximum Gasteiger partial charge on any atom is 0.150 e. The highest BCUT2D eigenvalue weighted by molar-refractivity contribution is 7.09. The van der Waals surface area contributed by atoms with Gasteiger partial charge in [-0.25, -0.2) is 0 Å². The number of hydrogen-bond donors (Lipinski definition) is 0. The fourth-order valence-corrected chi connectivity index (χ4v) is 2.59. The molecule has 0 aliphatic heterocycles. The van der Waals surface area contributed by atoms with Crippen LogP contribution in [0, 0.1) is 0 Å². The van der Waals surface area contributed by atoms with E-state index in [0.717, 1.165) is 24.1 Å². The average molecular weight is 259 g/mol. The number of anilines is 1. The van der Waals surface area contributed by atoms with Crippen molar-refractivity contribution in [2.75, 3.05) is 4.90 Å². The number of rotatable bonds is 5. The predicted molar refractivity (Wildman–Crippen MR) is 77.5 cm³/mol. The summed E-state index contributed by atoms with van der Waals surface area (Å²) >= 11 is 1.77. The lowest BCUT2D eigenvalue weighted by atomic mass is 10.2. The zero-order valence-corrected chi connectivity index (χ0v) is 11.5. The predicted octanol–water partition coefficient (Wildman–Crippen LogP) is 3.98. The SMILES string of the molecule is CC(C)N(Cc1cccs1)c1ccc(C=O)cc1. The van der Waals surface area contributed by atoms with E-state index in [1.807, 2.05) is 24.3 Å². The standard InChI is InChI=1S/C15H17NOS/c1-12(2)16(10-15-4-3-9-18-15)14-7-5-13(11-17)6-8-14/h3-9,11-12H,10H2,1-2H3. The molecule has 0 bridgehead atoms. The van der Waals surface area contributed by atoms with Gasteiger partial charge in [0.05, 0.1) is 6.54 Å². The summed E-state index contributed by atoms with van der Waals surface area (Å²) in [5.74, 6) is 0. The molecule has 0 N–H and O–H groups in total. The summed E-state index contributed by atoms with van der Waals surface area (Å²) in [6.45, 7) is 5.28. The van der Waals surface area contributed by atoms with Crippen LogP contribution in [0.4, 0.5) is 5.69 Å². The van der Waals surface area contributed by atoms with Crippen LogP contribution in [-0.2, 0) is 6.54 Å². The molecule has 1 heterocycles. The quantitative estimate of drug-likeness (QED) is 0.757. The van der Waals surface area contributed by atoms with E-state index in [1.165, 1.54) is 4.88 Å². The lowest BCUT2D eigenvalue weighted by Crippen LogP contribution is -2.29. The molecule has 0 radical (unpaired) electrons. The Morgan fingerprint density at radius 2 is 1.94 bits per heavy atom. The fraction of sp³-hybridized carbons (Fsp3) is 0.267. The maximum atomic E-state index is 10.7. The molecule has 0 saturated carbocycles. The van der Waals surface area contributed by atoms with Crippen LogP contribution < -0.4 is 4.90 Å². The van der Waals surface area contributed by atoms with Gasteiger partial charge in [0.2, 0.25) is 0 Å². The number of carbonyl (C=O) groups is 1. The Balaban J connectivity index is 2.20. The molecule has 0 saturated heterocycles. The van der Waals surface area contributed by atoms with Crippen LogP contribution in [0.3, 0.4) is 0 Å². The first-order valence-electron chi connectivity index (χ1n) is 6.05. The van der Waals surface area contributed by atoms with Crippen LogP contribution in [0.15, 0.2) is 41.8 Å². The molecule has 0 spiro atoms. The maximum absolute atomic E-state index is 10.7. The van der Waals surface area contributed by atoms with Crippen molar-refractivity contribution < 1.29 is 4.79 Å². The van der Waals surface area contributed by atoms with Crippen molar-refractivity contribution in [3.63, 3.8) is 0 Å². The molecule has 2 rings (SSSR count). The molecule has 2 aromatic rings. The second kappa shape index (κ2) is 5.83. The monoisotopic (exact) mass is 259 g/mol. The Morgan fingerprint density at radius 3 is 2.44 bits per heavy atom. The highest BCUT2D eigenvalue weighted by Crippen LogP contribution is 2.22. The summed E-state index contributed by atoms with van der Waals surface area (Å²) in [6.07, 6.45) is 0.878. The second-order valence-electron chi connectivity index (χ2n) is 4.51. The van der Waals surface area contributed by atoms with Gasteiger partial charge >= 0.3 is 0 Å². The van der Waals surface area contributed by atoms with Gasteiger partial charge in [-0.3, -0.25) is 4.79 Å². The van der Waals surface area contributed by atoms with E-state index in [1.54, 1.807) is 11.3 Å². The zero-order chi connectivity index (χ0) is 13.0. The summed E-state index contributed by atoms with van der Waals surface area (Å²) in [6, 6.07) is 12.4. The van der Waals surface area contributed by atoms with E-state index >= 15 is 0 Å². The Labute approximate surface area is 112 Å². The van der Waals surface area contributed by atoms with Crippen molar-refractivity contribution in [2.24, 2.45) is 0 Å². The first kappa shape index (κ1) is 12.8. The van der Waals surface area contributed by atoms with E-state index in [-0.39, 0.29) is 0 Å². The molecule has 0 fully saturated rings. The van der Waals surface area contributed by atoms with E-state index in [9.17, 15) is 4.79 Å². The highest BCUT2D eigenvalue weighted by Gasteiger charge is 2.11. The Hall–Kier alpha value is -1.61. The molecule has 1 aromatic carbocycles. The third-order valence-corrected chi connectivity index (χ3v) is 3.75. The summed E-state index contributed by atoms with van der Waals surface area (Å²) in [7, 11) is 0. The number of carbonyl (C=O) groups excluding carboxylic acids is 1. The minimum absolute atomic E-state index is 0.425. The van der Waals surface area contributed by atoms with Gasteiger partial charge in [0.1, 0.15) is 6.29 Å². The Kier molecular flexibility index (Phi) is 4.15. The largest absolute Gasteiger partial charge is 0.364 e. The molecule has 0 aliphatic carbocycles. The smallest absolute Gasteiger partial charge is 0.150 e. The van der Waals surface area contributed by atoms with Gasteiger partial charge < -0.3 is 4.90 Å². The third-order valence-electron chi connectivity index (χ3n) is 2.89. The van der Waals surface area contributed by atoms with E-state index in [0.29, 0.717) is 6.04 Å². The van der Waals surface area contributed by atoms with Gasteiger partial charge in [0.25, 0.3) is 0 Å². The number of hydrogen-bond acceptors (Lipinski definition) is 3. The van der Waals surface area contributed by atoms with Crippen LogP contribution in [-0.4, -0.2) is 12.3 Å². The summed E-state index contributed by atoms with van der Waals surface area (Å²) in [5.41, 5.74) is 1.88. The van der Waals surface area contributed by atoms with Crippen LogP contribution in [0.25, 0.3) is 0 Å². The van der Waals surface area contributed by atoms with Gasteiger partial charge in [-0.2, -0.15) is 0 Å². The average Bonchev–Trinajstić information content (AvgIpc) is 2.89. The van der Waals surface area contributed by atoms with Crippen molar-refractivity contribution in [1.29, 1.82) is 0 Å². The number of aldehydes is 1. The van der Waals surface area contributed by atoms with Crippen LogP contribution in [0.2, 0.25) is 0 Å². The lowest BCUT2D eigenvalue weighted by Gasteiger charge is -2.28. The molecular weight excluding hydrogens is 242 g/mol. The molecular formula is C15H17NOS. The minimum atomic E-state index is 0.425. The molecule has 0 unspecified atom stereocenters. The zero-order valence-electron chi connectivity index (χ0n) is 10.7. The molecule has 18 heavy (non-hydrogen) atoms. The van der Waals surface area contributed by atoms with Crippen molar-refractivity contribution in [2.45, 2.75) is 26.4 Å². The summed E-state index contributed by atoms with van der Waals surface area (Å²) in [5, 5.41) is 2.10. The molecule has 0 amide bonds. The van der Waals surface area contributed by atoms with Gasteiger partial charge in [0.15, 0.2) is 0 Å². The summed E-state index contributed by atoms with van der Waals surface area (Å²) in [4.78, 5) is 14.3. The lowest BCUT2D eigenvalue weighted by molar-refractivity contribution is 0.112. The molecule has 0 aliphatic rings. The summed E-state index contributed by atoms with van der Waals surface area (Å²) < 4.78 is 0. The Bertz CT molecular complexity index is 488. The molecule has 3 heteroatoms. The molecule has 1 aromatic heterocycles. The van der Waals surface area contributed by atoms with E-state index in [2.05, 4.69) is 36.3 Å². The second-order valence-corrected chi connectivity index (χ2v) is 5.54. The fourth-order valence-electron chi connectivity index (χ4n) is 1.89. The normalized spacial score (nSPS) is 10.6. The van der Waals surface area contributed by atoms with Crippen LogP contribution in [0.1, 0.15) is 29.1 Å². The van der Waals surface area contributed by atoms with E-state index < -0.39 is 0 Å². The highest BCUT2D eigenvalue weighted by atomic mass is 32.1. The van der Waals surface area contributed by atoms with Gasteiger partial charge in [-0.15, -0.1) is 11.3 Å². The first-order chi connectivity index (χ1) is 8.70. The number of nitrogens with zero attached hydrogens (tertiary/aromatic N) is 1. The van der Waals surface area contributed by atoms with Gasteiger partial charge in [-0.1, -0.05) is 6.07 Å². The topological polar surface area (TPSA) is 20.3 Å². The Morgan fingerprint density at radius 1 is 1.22 bits per heavy atom. The number of benzene rings is 1. The van der Waals surface area contributed by atoms with Crippen LogP contribution >= 0.6 is 11.3 Å². The van der Waals surface area contributed by atoms with Gasteiger partial charge in [-0.05, 0) is 49.6 Å². The van der Waals surface area contributed by atoms with E-state index in [4.69, 9.17) is 0 Å². The number of thiophene rings is 1.